The van der Waals surface area contributed by atoms with Crippen LogP contribution in [0.25, 0.3) is 10.4 Å². The number of likely N-dealkylation sites (tertiary alicyclic amines) is 1. The molecule has 0 spiro atoms. The topological polar surface area (TPSA) is 58.6 Å². The summed E-state index contributed by atoms with van der Waals surface area (Å²) in [6.07, 6.45) is 0.914. The van der Waals surface area contributed by atoms with E-state index in [1.165, 1.54) is 6.07 Å². The number of rotatable bonds is 6. The second-order valence-corrected chi connectivity index (χ2v) is 11.5. The van der Waals surface area contributed by atoms with Crippen molar-refractivity contribution in [3.8, 4) is 16.2 Å². The molecular weight excluding hydrogens is 499 g/mol. The van der Waals surface area contributed by atoms with Crippen LogP contribution in [0.3, 0.4) is 0 Å². The normalized spacial score (nSPS) is 17.1. The second kappa shape index (κ2) is 9.17. The fraction of sp³-hybridized carbons (Fsp3) is 0.238. The summed E-state index contributed by atoms with van der Waals surface area (Å²) in [5.74, 6) is 0.452. The highest BCUT2D eigenvalue weighted by Crippen LogP contribution is 2.39. The standard InChI is InChI=1S/C21H19Cl3N2O3S2/c1-26-9-8-16(12-26)29-19-10-15(6-7-17(19)23)25-31(27,28)20-11-18(24)21(30-20)13-2-4-14(22)5-3-13/h2-7,10-11,16,25H,8-9,12H2,1H3. The van der Waals surface area contributed by atoms with Crippen LogP contribution in [0.2, 0.25) is 15.1 Å². The largest absolute Gasteiger partial charge is 0.487 e. The van der Waals surface area contributed by atoms with Crippen molar-refractivity contribution in [3.63, 3.8) is 0 Å². The molecule has 164 valence electrons. The summed E-state index contributed by atoms with van der Waals surface area (Å²) in [4.78, 5) is 2.83. The Kier molecular flexibility index (Phi) is 6.72. The average molecular weight is 518 g/mol. The van der Waals surface area contributed by atoms with Crippen molar-refractivity contribution < 1.29 is 13.2 Å². The zero-order valence-electron chi connectivity index (χ0n) is 16.4. The summed E-state index contributed by atoms with van der Waals surface area (Å²) in [7, 11) is -1.82. The van der Waals surface area contributed by atoms with Crippen LogP contribution in [0, 0.1) is 0 Å². The smallest absolute Gasteiger partial charge is 0.271 e. The summed E-state index contributed by atoms with van der Waals surface area (Å²) < 4.78 is 34.6. The summed E-state index contributed by atoms with van der Waals surface area (Å²) in [5, 5.41) is 1.39. The molecule has 0 amide bonds. The number of ether oxygens (including phenoxy) is 1. The molecule has 1 aliphatic rings. The molecule has 1 atom stereocenters. The van der Waals surface area contributed by atoms with Gasteiger partial charge in [0, 0.05) is 24.2 Å². The zero-order chi connectivity index (χ0) is 22.2. The number of thiophene rings is 1. The minimum absolute atomic E-state index is 0.0207. The second-order valence-electron chi connectivity index (χ2n) is 7.29. The Bertz CT molecular complexity index is 1200. The van der Waals surface area contributed by atoms with Crippen LogP contribution in [0.1, 0.15) is 6.42 Å². The van der Waals surface area contributed by atoms with Crippen LogP contribution < -0.4 is 9.46 Å². The molecule has 3 aromatic rings. The highest BCUT2D eigenvalue weighted by atomic mass is 35.5. The number of benzene rings is 2. The van der Waals surface area contributed by atoms with Crippen molar-refractivity contribution in [3.05, 3.63) is 63.6 Å². The van der Waals surface area contributed by atoms with Gasteiger partial charge in [-0.05, 0) is 49.4 Å². The van der Waals surface area contributed by atoms with Crippen molar-refractivity contribution in [1.29, 1.82) is 0 Å². The Morgan fingerprint density at radius 2 is 1.81 bits per heavy atom. The SMILES string of the molecule is CN1CCC(Oc2cc(NS(=O)(=O)c3cc(Cl)c(-c4ccc(Cl)cc4)s3)ccc2Cl)C1. The number of halogens is 3. The van der Waals surface area contributed by atoms with E-state index >= 15 is 0 Å². The summed E-state index contributed by atoms with van der Waals surface area (Å²) in [6.45, 7) is 1.75. The Balaban J connectivity index is 1.56. The van der Waals surface area contributed by atoms with Gasteiger partial charge in [-0.1, -0.05) is 46.9 Å². The van der Waals surface area contributed by atoms with Gasteiger partial charge in [-0.25, -0.2) is 8.42 Å². The third kappa shape index (κ3) is 5.30. The first-order valence-corrected chi connectivity index (χ1v) is 12.9. The number of nitrogens with one attached hydrogen (secondary N) is 1. The third-order valence-electron chi connectivity index (χ3n) is 4.86. The Morgan fingerprint density at radius 1 is 1.06 bits per heavy atom. The van der Waals surface area contributed by atoms with Gasteiger partial charge in [-0.3, -0.25) is 4.72 Å². The molecule has 5 nitrogen and oxygen atoms in total. The van der Waals surface area contributed by atoms with Crippen LogP contribution in [-0.2, 0) is 10.0 Å². The van der Waals surface area contributed by atoms with E-state index in [1.807, 2.05) is 7.05 Å². The molecule has 0 radical (unpaired) electrons. The maximum Gasteiger partial charge on any atom is 0.271 e. The fourth-order valence-corrected chi connectivity index (χ4v) is 6.48. The Labute approximate surface area is 200 Å². The van der Waals surface area contributed by atoms with E-state index in [0.29, 0.717) is 31.4 Å². The minimum atomic E-state index is -3.85. The molecule has 1 unspecified atom stereocenters. The molecule has 10 heteroatoms. The van der Waals surface area contributed by atoms with Crippen LogP contribution in [0.5, 0.6) is 5.75 Å². The lowest BCUT2D eigenvalue weighted by Crippen LogP contribution is -2.21. The lowest BCUT2D eigenvalue weighted by molar-refractivity contribution is 0.208. The van der Waals surface area contributed by atoms with Gasteiger partial charge in [-0.15, -0.1) is 11.3 Å². The number of sulfonamides is 1. The first-order chi connectivity index (χ1) is 14.7. The van der Waals surface area contributed by atoms with Gasteiger partial charge < -0.3 is 9.64 Å². The van der Waals surface area contributed by atoms with E-state index < -0.39 is 10.0 Å². The van der Waals surface area contributed by atoms with E-state index in [9.17, 15) is 8.42 Å². The zero-order valence-corrected chi connectivity index (χ0v) is 20.3. The molecule has 0 aliphatic carbocycles. The maximum absolute atomic E-state index is 13.0. The predicted molar refractivity (Wildman–Crippen MR) is 129 cm³/mol. The van der Waals surface area contributed by atoms with Crippen LogP contribution >= 0.6 is 46.1 Å². The van der Waals surface area contributed by atoms with Gasteiger partial charge in [0.25, 0.3) is 10.0 Å². The van der Waals surface area contributed by atoms with Crippen LogP contribution in [0.4, 0.5) is 5.69 Å². The van der Waals surface area contributed by atoms with Crippen molar-refractivity contribution in [1.82, 2.24) is 4.90 Å². The quantitative estimate of drug-likeness (QED) is 0.419. The Hall–Kier alpha value is -1.48. The first-order valence-electron chi connectivity index (χ1n) is 9.44. The first kappa shape index (κ1) is 22.7. The summed E-state index contributed by atoms with van der Waals surface area (Å²) in [5.41, 5.74) is 1.16. The lowest BCUT2D eigenvalue weighted by Gasteiger charge is -2.16. The molecule has 1 aliphatic heterocycles. The molecule has 1 fully saturated rings. The van der Waals surface area contributed by atoms with E-state index in [0.717, 1.165) is 36.4 Å². The van der Waals surface area contributed by atoms with E-state index in [2.05, 4.69) is 9.62 Å². The van der Waals surface area contributed by atoms with Crippen molar-refractivity contribution >= 4 is 61.9 Å². The monoisotopic (exact) mass is 516 g/mol. The Morgan fingerprint density at radius 3 is 2.48 bits per heavy atom. The molecule has 1 aromatic heterocycles. The number of nitrogens with zero attached hydrogens (tertiary/aromatic N) is 1. The third-order valence-corrected chi connectivity index (χ3v) is 8.87. The highest BCUT2D eigenvalue weighted by molar-refractivity contribution is 7.94. The number of anilines is 1. The molecule has 0 saturated carbocycles. The van der Waals surface area contributed by atoms with Gasteiger partial charge >= 0.3 is 0 Å². The van der Waals surface area contributed by atoms with Gasteiger partial charge in [0.1, 0.15) is 16.1 Å². The molecule has 0 bridgehead atoms. The highest BCUT2D eigenvalue weighted by Gasteiger charge is 2.24. The predicted octanol–water partition coefficient (Wildman–Crippen LogP) is 6.26. The molecule has 4 rings (SSSR count). The number of hydrogen-bond donors (Lipinski definition) is 1. The molecule has 31 heavy (non-hydrogen) atoms. The number of likely N-dealkylation sites (N-methyl/N-ethyl adjacent to an activating group) is 1. The molecule has 2 aromatic carbocycles. The molecule has 2 heterocycles. The maximum atomic E-state index is 13.0. The lowest BCUT2D eigenvalue weighted by atomic mass is 10.2. The van der Waals surface area contributed by atoms with Crippen LogP contribution in [0.15, 0.2) is 52.7 Å². The van der Waals surface area contributed by atoms with Gasteiger partial charge in [0.15, 0.2) is 0 Å². The average Bonchev–Trinajstić information content (AvgIpc) is 3.31. The van der Waals surface area contributed by atoms with Crippen LogP contribution in [-0.4, -0.2) is 39.6 Å². The molecule has 1 N–H and O–H groups in total. The van der Waals surface area contributed by atoms with Gasteiger partial charge in [-0.2, -0.15) is 0 Å². The molecule has 1 saturated heterocycles. The van der Waals surface area contributed by atoms with Crippen molar-refractivity contribution in [2.45, 2.75) is 16.7 Å². The van der Waals surface area contributed by atoms with Gasteiger partial charge in [0.2, 0.25) is 0 Å². The molecular formula is C21H19Cl3N2O3S2. The van der Waals surface area contributed by atoms with Crippen molar-refractivity contribution in [2.24, 2.45) is 0 Å². The van der Waals surface area contributed by atoms with E-state index in [-0.39, 0.29) is 10.3 Å². The number of hydrogen-bond acceptors (Lipinski definition) is 5. The van der Waals surface area contributed by atoms with E-state index in [4.69, 9.17) is 39.5 Å². The van der Waals surface area contributed by atoms with Crippen molar-refractivity contribution in [2.75, 3.05) is 24.9 Å². The summed E-state index contributed by atoms with van der Waals surface area (Å²) in [6, 6.07) is 13.3. The summed E-state index contributed by atoms with van der Waals surface area (Å²) >= 11 is 19.6. The minimum Gasteiger partial charge on any atom is -0.487 e. The fourth-order valence-electron chi connectivity index (χ4n) is 3.31. The van der Waals surface area contributed by atoms with E-state index in [1.54, 1.807) is 42.5 Å². The van der Waals surface area contributed by atoms with Gasteiger partial charge in [0.05, 0.1) is 20.6 Å².